The van der Waals surface area contributed by atoms with Crippen molar-refractivity contribution in [1.29, 1.82) is 0 Å². The molecule has 2 atom stereocenters. The zero-order valence-corrected chi connectivity index (χ0v) is 20.9. The minimum atomic E-state index is -3.72. The summed E-state index contributed by atoms with van der Waals surface area (Å²) in [6.45, 7) is 1.95. The number of aromatic nitrogens is 2. The third kappa shape index (κ3) is 4.44. The summed E-state index contributed by atoms with van der Waals surface area (Å²) in [5.74, 6) is -1.75. The van der Waals surface area contributed by atoms with Gasteiger partial charge in [0, 0.05) is 17.8 Å². The van der Waals surface area contributed by atoms with E-state index < -0.39 is 27.4 Å². The molecule has 4 aromatic rings. The maximum Gasteiger partial charge on any atom is 0.264 e. The van der Waals surface area contributed by atoms with Crippen LogP contribution in [-0.2, 0) is 22.3 Å². The Hall–Kier alpha value is -4.18. The van der Waals surface area contributed by atoms with Gasteiger partial charge in [0.15, 0.2) is 0 Å². The summed E-state index contributed by atoms with van der Waals surface area (Å²) in [4.78, 5) is 38.0. The maximum absolute atomic E-state index is 13.4. The number of carbonyl (C=O) groups excluding carboxylic acids is 2. The molecule has 9 nitrogen and oxygen atoms in total. The highest BCUT2D eigenvalue weighted by Gasteiger charge is 2.40. The van der Waals surface area contributed by atoms with E-state index in [9.17, 15) is 22.8 Å². The molecular formula is C27H26N4O5S. The Bertz CT molecular complexity index is 1720. The second-order valence-corrected chi connectivity index (χ2v) is 11.4. The van der Waals surface area contributed by atoms with Crippen LogP contribution >= 0.6 is 0 Å². The zero-order valence-electron chi connectivity index (χ0n) is 20.1. The molecule has 10 heteroatoms. The lowest BCUT2D eigenvalue weighted by molar-refractivity contribution is 0.0997. The molecule has 5 rings (SSSR count). The normalized spacial score (nSPS) is 17.1. The Morgan fingerprint density at radius 3 is 2.32 bits per heavy atom. The summed E-state index contributed by atoms with van der Waals surface area (Å²) in [5, 5.41) is 0.618. The van der Waals surface area contributed by atoms with Gasteiger partial charge in [0.1, 0.15) is 5.56 Å². The largest absolute Gasteiger partial charge is 0.366 e. The van der Waals surface area contributed by atoms with Crippen LogP contribution in [0.1, 0.15) is 56.7 Å². The van der Waals surface area contributed by atoms with Crippen molar-refractivity contribution in [2.45, 2.75) is 31.6 Å². The summed E-state index contributed by atoms with van der Waals surface area (Å²) in [7, 11) is -3.72. The van der Waals surface area contributed by atoms with E-state index in [1.807, 2.05) is 13.0 Å². The molecule has 2 amide bonds. The van der Waals surface area contributed by atoms with Crippen LogP contribution in [0, 0.1) is 5.92 Å². The van der Waals surface area contributed by atoms with Gasteiger partial charge in [0.25, 0.3) is 17.4 Å². The molecule has 2 unspecified atom stereocenters. The summed E-state index contributed by atoms with van der Waals surface area (Å²) in [6, 6.07) is 15.7. The van der Waals surface area contributed by atoms with Gasteiger partial charge in [-0.2, -0.15) is 0 Å². The van der Waals surface area contributed by atoms with Crippen molar-refractivity contribution in [2.75, 3.05) is 0 Å². The summed E-state index contributed by atoms with van der Waals surface area (Å²) in [5.41, 5.74) is 12.6. The van der Waals surface area contributed by atoms with Crippen LogP contribution in [0.4, 0.5) is 0 Å². The number of primary amides is 2. The molecule has 0 radical (unpaired) electrons. The van der Waals surface area contributed by atoms with Gasteiger partial charge in [-0.25, -0.2) is 12.4 Å². The number of rotatable bonds is 8. The van der Waals surface area contributed by atoms with Crippen LogP contribution in [0.5, 0.6) is 0 Å². The Labute approximate surface area is 213 Å². The van der Waals surface area contributed by atoms with E-state index in [2.05, 4.69) is 0 Å². The van der Waals surface area contributed by atoms with Gasteiger partial charge in [-0.15, -0.1) is 0 Å². The molecule has 0 aliphatic heterocycles. The first-order chi connectivity index (χ1) is 17.6. The SMILES string of the molecule is CC1CC1c1c(C(N)=O)cn(Cc2cccc3c2ccn3S(=O)(=O)Cc2ccccc2)c(=O)c1C(N)=O. The first kappa shape index (κ1) is 24.5. The average Bonchev–Trinajstić information content (AvgIpc) is 3.38. The highest BCUT2D eigenvalue weighted by Crippen LogP contribution is 2.48. The topological polar surface area (TPSA) is 147 Å². The fourth-order valence-corrected chi connectivity index (χ4v) is 6.42. The number of hydrogen-bond donors (Lipinski definition) is 2. The number of fused-ring (bicyclic) bond motifs is 1. The number of nitrogens with two attached hydrogens (primary N) is 2. The first-order valence-electron chi connectivity index (χ1n) is 11.8. The standard InChI is InChI=1S/C27H26N4O5S/c1-16-12-20(16)23-21(25(28)32)14-30(27(34)24(23)26(29)33)13-18-8-5-9-22-19(18)10-11-31(22)37(35,36)15-17-6-3-2-4-7-17/h2-11,14,16,20H,12-13,15H2,1H3,(H2,28,32)(H2,29,33). The molecule has 4 N–H and O–H groups in total. The van der Waals surface area contributed by atoms with E-state index >= 15 is 0 Å². The minimum absolute atomic E-state index is 0.0139. The molecule has 1 fully saturated rings. The highest BCUT2D eigenvalue weighted by atomic mass is 32.2. The van der Waals surface area contributed by atoms with Crippen LogP contribution in [-0.4, -0.2) is 28.8 Å². The lowest BCUT2D eigenvalue weighted by atomic mass is 9.97. The fourth-order valence-electron chi connectivity index (χ4n) is 4.96. The third-order valence-electron chi connectivity index (χ3n) is 6.93. The van der Waals surface area contributed by atoms with E-state index in [0.717, 1.165) is 6.42 Å². The van der Waals surface area contributed by atoms with Gasteiger partial charge < -0.3 is 16.0 Å². The molecule has 0 spiro atoms. The second-order valence-electron chi connectivity index (χ2n) is 9.52. The van der Waals surface area contributed by atoms with Crippen LogP contribution < -0.4 is 17.0 Å². The Balaban J connectivity index is 1.59. The molecular weight excluding hydrogens is 492 g/mol. The van der Waals surface area contributed by atoms with Gasteiger partial charge in [0.2, 0.25) is 10.0 Å². The first-order valence-corrected chi connectivity index (χ1v) is 13.4. The van der Waals surface area contributed by atoms with E-state index in [1.54, 1.807) is 48.5 Å². The summed E-state index contributed by atoms with van der Waals surface area (Å²) >= 11 is 0. The van der Waals surface area contributed by atoms with Gasteiger partial charge in [-0.1, -0.05) is 49.4 Å². The monoisotopic (exact) mass is 518 g/mol. The van der Waals surface area contributed by atoms with Crippen LogP contribution in [0.15, 0.2) is 71.8 Å². The molecule has 0 saturated heterocycles. The Kier molecular flexibility index (Phi) is 5.99. The average molecular weight is 519 g/mol. The molecule has 2 aromatic carbocycles. The van der Waals surface area contributed by atoms with Gasteiger partial charge in [-0.05, 0) is 47.1 Å². The molecule has 2 heterocycles. The lowest BCUT2D eigenvalue weighted by Gasteiger charge is -2.16. The van der Waals surface area contributed by atoms with Crippen LogP contribution in [0.2, 0.25) is 0 Å². The molecule has 0 bridgehead atoms. The number of pyridine rings is 1. The molecule has 2 aromatic heterocycles. The zero-order chi connectivity index (χ0) is 26.5. The number of benzene rings is 2. The van der Waals surface area contributed by atoms with Crippen molar-refractivity contribution in [2.24, 2.45) is 17.4 Å². The van der Waals surface area contributed by atoms with Crippen molar-refractivity contribution < 1.29 is 18.0 Å². The quantitative estimate of drug-likeness (QED) is 0.368. The van der Waals surface area contributed by atoms with E-state index in [4.69, 9.17) is 11.5 Å². The van der Waals surface area contributed by atoms with Crippen LogP contribution in [0.25, 0.3) is 10.9 Å². The fraction of sp³-hybridized carbons (Fsp3) is 0.222. The van der Waals surface area contributed by atoms with Crippen molar-refractivity contribution >= 4 is 32.7 Å². The second kappa shape index (κ2) is 9.04. The van der Waals surface area contributed by atoms with E-state index in [1.165, 1.54) is 20.9 Å². The predicted molar refractivity (Wildman–Crippen MR) is 140 cm³/mol. The molecule has 1 aliphatic carbocycles. The number of hydrogen-bond acceptors (Lipinski definition) is 5. The predicted octanol–water partition coefficient (Wildman–Crippen LogP) is 2.55. The van der Waals surface area contributed by atoms with E-state index in [0.29, 0.717) is 27.6 Å². The van der Waals surface area contributed by atoms with Crippen molar-refractivity contribution in [3.63, 3.8) is 0 Å². The smallest absolute Gasteiger partial charge is 0.264 e. The van der Waals surface area contributed by atoms with Crippen molar-refractivity contribution in [3.8, 4) is 0 Å². The Morgan fingerprint density at radius 1 is 1.00 bits per heavy atom. The van der Waals surface area contributed by atoms with Crippen LogP contribution in [0.3, 0.4) is 0 Å². The Morgan fingerprint density at radius 2 is 1.70 bits per heavy atom. The number of nitrogens with zero attached hydrogens (tertiary/aromatic N) is 2. The van der Waals surface area contributed by atoms with E-state index in [-0.39, 0.29) is 35.3 Å². The van der Waals surface area contributed by atoms with Gasteiger partial charge >= 0.3 is 0 Å². The molecule has 1 aliphatic rings. The highest BCUT2D eigenvalue weighted by molar-refractivity contribution is 7.89. The molecule has 1 saturated carbocycles. The minimum Gasteiger partial charge on any atom is -0.366 e. The summed E-state index contributed by atoms with van der Waals surface area (Å²) < 4.78 is 28.8. The van der Waals surface area contributed by atoms with Gasteiger partial charge in [0.05, 0.1) is 23.4 Å². The molecule has 190 valence electrons. The van der Waals surface area contributed by atoms with Crippen molar-refractivity contribution in [3.05, 3.63) is 105 Å². The summed E-state index contributed by atoms with van der Waals surface area (Å²) in [6.07, 6.45) is 3.59. The lowest BCUT2D eigenvalue weighted by Crippen LogP contribution is -2.34. The van der Waals surface area contributed by atoms with Gasteiger partial charge in [-0.3, -0.25) is 14.4 Å². The number of carbonyl (C=O) groups is 2. The van der Waals surface area contributed by atoms with Crippen molar-refractivity contribution in [1.82, 2.24) is 8.54 Å². The molecule has 37 heavy (non-hydrogen) atoms. The number of amides is 2. The maximum atomic E-state index is 13.4. The third-order valence-corrected chi connectivity index (χ3v) is 8.55.